The Balaban J connectivity index is 1.81. The van der Waals surface area contributed by atoms with Gasteiger partial charge in [-0.25, -0.2) is 0 Å². The fourth-order valence-electron chi connectivity index (χ4n) is 2.46. The smallest absolute Gasteiger partial charge is 0.0323 e. The molecule has 1 heterocycles. The van der Waals surface area contributed by atoms with Gasteiger partial charge in [-0.3, -0.25) is 0 Å². The minimum Gasteiger partial charge on any atom is -0.310 e. The first-order valence-electron chi connectivity index (χ1n) is 6.48. The lowest BCUT2D eigenvalue weighted by Crippen LogP contribution is -2.53. The van der Waals surface area contributed by atoms with Crippen LogP contribution >= 0.6 is 15.9 Å². The van der Waals surface area contributed by atoms with Gasteiger partial charge in [0.1, 0.15) is 0 Å². The number of hydrogen-bond donors (Lipinski definition) is 1. The van der Waals surface area contributed by atoms with Crippen LogP contribution in [0.15, 0.2) is 28.7 Å². The van der Waals surface area contributed by atoms with E-state index in [1.54, 1.807) is 0 Å². The van der Waals surface area contributed by atoms with Crippen LogP contribution in [0.25, 0.3) is 0 Å². The van der Waals surface area contributed by atoms with Gasteiger partial charge in [0, 0.05) is 43.2 Å². The van der Waals surface area contributed by atoms with E-state index in [1.165, 1.54) is 5.56 Å². The molecule has 1 aromatic carbocycles. The Morgan fingerprint density at radius 3 is 2.78 bits per heavy atom. The van der Waals surface area contributed by atoms with E-state index in [2.05, 4.69) is 69.4 Å². The molecule has 4 heteroatoms. The highest BCUT2D eigenvalue weighted by Crippen LogP contribution is 2.12. The molecular weight excluding hydrogens is 290 g/mol. The third-order valence-electron chi connectivity index (χ3n) is 3.36. The van der Waals surface area contributed by atoms with Gasteiger partial charge in [0.05, 0.1) is 0 Å². The molecule has 0 aliphatic carbocycles. The molecule has 0 bridgehead atoms. The molecule has 0 spiro atoms. The summed E-state index contributed by atoms with van der Waals surface area (Å²) in [5.41, 5.74) is 1.37. The summed E-state index contributed by atoms with van der Waals surface area (Å²) < 4.78 is 1.14. The molecule has 0 saturated carbocycles. The molecule has 0 radical (unpaired) electrons. The Bertz CT molecular complexity index is 366. The van der Waals surface area contributed by atoms with E-state index in [4.69, 9.17) is 0 Å². The lowest BCUT2D eigenvalue weighted by molar-refractivity contribution is 0.192. The number of nitrogens with one attached hydrogen (secondary N) is 1. The zero-order valence-corrected chi connectivity index (χ0v) is 12.8. The number of halogens is 1. The van der Waals surface area contributed by atoms with Gasteiger partial charge in [-0.15, -0.1) is 0 Å². The van der Waals surface area contributed by atoms with Crippen LogP contribution in [0, 0.1) is 0 Å². The van der Waals surface area contributed by atoms with Crippen LogP contribution in [0.1, 0.15) is 5.56 Å². The summed E-state index contributed by atoms with van der Waals surface area (Å²) in [6.45, 7) is 5.51. The second kappa shape index (κ2) is 6.66. The predicted molar refractivity (Wildman–Crippen MR) is 79.8 cm³/mol. The fourth-order valence-corrected chi connectivity index (χ4v) is 2.72. The molecule has 1 N–H and O–H groups in total. The Kier molecular flexibility index (Phi) is 5.18. The zero-order valence-electron chi connectivity index (χ0n) is 11.2. The molecule has 100 valence electrons. The predicted octanol–water partition coefficient (Wildman–Crippen LogP) is 1.78. The van der Waals surface area contributed by atoms with Crippen LogP contribution in [0.3, 0.4) is 0 Å². The van der Waals surface area contributed by atoms with Crippen molar-refractivity contribution < 1.29 is 0 Å². The summed E-state index contributed by atoms with van der Waals surface area (Å²) in [6.07, 6.45) is 0. The highest BCUT2D eigenvalue weighted by Gasteiger charge is 2.17. The quantitative estimate of drug-likeness (QED) is 0.914. The first kappa shape index (κ1) is 14.0. The van der Waals surface area contributed by atoms with Gasteiger partial charge in [-0.05, 0) is 31.8 Å². The van der Waals surface area contributed by atoms with Gasteiger partial charge in [0.25, 0.3) is 0 Å². The minimum absolute atomic E-state index is 0.587. The maximum atomic E-state index is 3.58. The number of rotatable bonds is 4. The molecule has 1 aromatic rings. The summed E-state index contributed by atoms with van der Waals surface area (Å²) >= 11 is 3.47. The van der Waals surface area contributed by atoms with E-state index in [-0.39, 0.29) is 0 Å². The topological polar surface area (TPSA) is 18.5 Å². The van der Waals surface area contributed by atoms with Crippen LogP contribution < -0.4 is 5.32 Å². The van der Waals surface area contributed by atoms with Gasteiger partial charge >= 0.3 is 0 Å². The molecule has 0 amide bonds. The first-order valence-corrected chi connectivity index (χ1v) is 7.27. The largest absolute Gasteiger partial charge is 0.310 e. The lowest BCUT2D eigenvalue weighted by Gasteiger charge is -2.33. The molecule has 2 rings (SSSR count). The van der Waals surface area contributed by atoms with Crippen molar-refractivity contribution in [3.8, 4) is 0 Å². The summed E-state index contributed by atoms with van der Waals surface area (Å²) in [6, 6.07) is 9.16. The Hall–Kier alpha value is -0.420. The molecule has 1 atom stereocenters. The maximum Gasteiger partial charge on any atom is 0.0323 e. The van der Waals surface area contributed by atoms with Crippen molar-refractivity contribution in [2.75, 3.05) is 40.3 Å². The number of likely N-dealkylation sites (N-methyl/N-ethyl adjacent to an activating group) is 2. The van der Waals surface area contributed by atoms with Crippen LogP contribution in [0.4, 0.5) is 0 Å². The zero-order chi connectivity index (χ0) is 13.0. The molecule has 3 nitrogen and oxygen atoms in total. The van der Waals surface area contributed by atoms with Crippen LogP contribution in [0.2, 0.25) is 0 Å². The highest BCUT2D eigenvalue weighted by atomic mass is 79.9. The summed E-state index contributed by atoms with van der Waals surface area (Å²) in [4.78, 5) is 4.79. The number of piperazine rings is 1. The molecule has 1 unspecified atom stereocenters. The summed E-state index contributed by atoms with van der Waals surface area (Å²) in [7, 11) is 4.39. The molecule has 1 aliphatic heterocycles. The number of benzene rings is 1. The first-order chi connectivity index (χ1) is 8.63. The minimum atomic E-state index is 0.587. The van der Waals surface area contributed by atoms with Crippen molar-refractivity contribution in [2.45, 2.75) is 12.6 Å². The van der Waals surface area contributed by atoms with Crippen molar-refractivity contribution in [3.05, 3.63) is 34.3 Å². The highest BCUT2D eigenvalue weighted by molar-refractivity contribution is 9.10. The molecule has 1 fully saturated rings. The monoisotopic (exact) mass is 311 g/mol. The molecule has 1 saturated heterocycles. The standard InChI is InChI=1S/C14H22BrN3/c1-17-8-7-16-14(10-17)11-18(2)9-12-3-5-13(15)6-4-12/h3-6,14,16H,7-11H2,1-2H3. The van der Waals surface area contributed by atoms with E-state index in [1.807, 2.05) is 0 Å². The number of nitrogens with zero attached hydrogens (tertiary/aromatic N) is 2. The third-order valence-corrected chi connectivity index (χ3v) is 3.89. The second-order valence-electron chi connectivity index (χ2n) is 5.24. The summed E-state index contributed by atoms with van der Waals surface area (Å²) in [5, 5.41) is 3.58. The Morgan fingerprint density at radius 2 is 2.11 bits per heavy atom. The Labute approximate surface area is 118 Å². The van der Waals surface area contributed by atoms with Crippen LogP contribution in [-0.2, 0) is 6.54 Å². The van der Waals surface area contributed by atoms with E-state index in [9.17, 15) is 0 Å². The van der Waals surface area contributed by atoms with Gasteiger partial charge in [-0.1, -0.05) is 28.1 Å². The SMILES string of the molecule is CN1CCNC(CN(C)Cc2ccc(Br)cc2)C1. The van der Waals surface area contributed by atoms with Crippen molar-refractivity contribution in [1.29, 1.82) is 0 Å². The van der Waals surface area contributed by atoms with Crippen LogP contribution in [0.5, 0.6) is 0 Å². The number of hydrogen-bond acceptors (Lipinski definition) is 3. The van der Waals surface area contributed by atoms with Crippen molar-refractivity contribution in [1.82, 2.24) is 15.1 Å². The van der Waals surface area contributed by atoms with Crippen molar-refractivity contribution in [3.63, 3.8) is 0 Å². The van der Waals surface area contributed by atoms with Crippen molar-refractivity contribution >= 4 is 15.9 Å². The average molecular weight is 312 g/mol. The molecular formula is C14H22BrN3. The maximum absolute atomic E-state index is 3.58. The second-order valence-corrected chi connectivity index (χ2v) is 6.15. The van der Waals surface area contributed by atoms with E-state index in [0.717, 1.165) is 37.2 Å². The fraction of sp³-hybridized carbons (Fsp3) is 0.571. The van der Waals surface area contributed by atoms with E-state index < -0.39 is 0 Å². The van der Waals surface area contributed by atoms with E-state index in [0.29, 0.717) is 6.04 Å². The van der Waals surface area contributed by atoms with Crippen molar-refractivity contribution in [2.24, 2.45) is 0 Å². The average Bonchev–Trinajstić information content (AvgIpc) is 2.32. The van der Waals surface area contributed by atoms with Crippen LogP contribution in [-0.4, -0.2) is 56.1 Å². The van der Waals surface area contributed by atoms with Gasteiger partial charge < -0.3 is 15.1 Å². The molecule has 18 heavy (non-hydrogen) atoms. The third kappa shape index (κ3) is 4.35. The van der Waals surface area contributed by atoms with Gasteiger partial charge in [-0.2, -0.15) is 0 Å². The molecule has 1 aliphatic rings. The summed E-state index contributed by atoms with van der Waals surface area (Å²) in [5.74, 6) is 0. The normalized spacial score (nSPS) is 21.4. The lowest BCUT2D eigenvalue weighted by atomic mass is 10.2. The van der Waals surface area contributed by atoms with Gasteiger partial charge in [0.2, 0.25) is 0 Å². The van der Waals surface area contributed by atoms with E-state index >= 15 is 0 Å². The molecule has 0 aromatic heterocycles. The Morgan fingerprint density at radius 1 is 1.39 bits per heavy atom. The van der Waals surface area contributed by atoms with Gasteiger partial charge in [0.15, 0.2) is 0 Å².